The van der Waals surface area contributed by atoms with Gasteiger partial charge in [-0.05, 0) is 36.8 Å². The summed E-state index contributed by atoms with van der Waals surface area (Å²) in [5.41, 5.74) is 6.31. The zero-order valence-corrected chi connectivity index (χ0v) is 11.9. The second-order valence-corrected chi connectivity index (χ2v) is 5.05. The highest BCUT2D eigenvalue weighted by atomic mass is 35.5. The van der Waals surface area contributed by atoms with Crippen molar-refractivity contribution >= 4 is 23.2 Å². The normalized spacial score (nSPS) is 12.0. The van der Waals surface area contributed by atoms with Gasteiger partial charge in [-0.15, -0.1) is 0 Å². The van der Waals surface area contributed by atoms with Crippen molar-refractivity contribution < 1.29 is 13.6 Å². The molecule has 0 saturated heterocycles. The molecule has 1 unspecified atom stereocenters. The van der Waals surface area contributed by atoms with Crippen molar-refractivity contribution in [1.29, 1.82) is 0 Å². The van der Waals surface area contributed by atoms with Crippen molar-refractivity contribution in [2.75, 3.05) is 5.32 Å². The van der Waals surface area contributed by atoms with Crippen LogP contribution in [0.3, 0.4) is 0 Å². The summed E-state index contributed by atoms with van der Waals surface area (Å²) in [6.45, 7) is 1.70. The zero-order chi connectivity index (χ0) is 15.6. The molecule has 1 amide bonds. The molecule has 110 valence electrons. The first-order chi connectivity index (χ1) is 9.88. The summed E-state index contributed by atoms with van der Waals surface area (Å²) in [7, 11) is 0. The molecule has 0 aromatic heterocycles. The molecule has 0 aliphatic rings. The fraction of sp³-hybridized carbons (Fsp3) is 0.133. The first-order valence-corrected chi connectivity index (χ1v) is 6.53. The second kappa shape index (κ2) is 6.10. The molecule has 3 N–H and O–H groups in total. The first kappa shape index (κ1) is 15.3. The molecule has 21 heavy (non-hydrogen) atoms. The van der Waals surface area contributed by atoms with E-state index in [1.807, 2.05) is 0 Å². The number of halogens is 3. The van der Waals surface area contributed by atoms with E-state index in [-0.39, 0.29) is 10.6 Å². The summed E-state index contributed by atoms with van der Waals surface area (Å²) in [5, 5.41) is 2.62. The lowest BCUT2D eigenvalue weighted by Gasteiger charge is -2.18. The van der Waals surface area contributed by atoms with E-state index in [0.717, 1.165) is 0 Å². The number of benzene rings is 2. The Hall–Kier alpha value is -2.14. The maximum atomic E-state index is 14.0. The zero-order valence-electron chi connectivity index (χ0n) is 11.2. The minimum absolute atomic E-state index is 0.0110. The van der Waals surface area contributed by atoms with Crippen LogP contribution < -0.4 is 11.1 Å². The van der Waals surface area contributed by atoms with E-state index < -0.39 is 23.6 Å². The van der Waals surface area contributed by atoms with Crippen LogP contribution in [0.1, 0.15) is 17.2 Å². The van der Waals surface area contributed by atoms with Gasteiger partial charge in [-0.25, -0.2) is 8.78 Å². The third-order valence-electron chi connectivity index (χ3n) is 2.93. The van der Waals surface area contributed by atoms with Gasteiger partial charge < -0.3 is 11.1 Å². The van der Waals surface area contributed by atoms with Gasteiger partial charge in [-0.3, -0.25) is 4.79 Å². The van der Waals surface area contributed by atoms with Crippen LogP contribution >= 0.6 is 11.6 Å². The molecular formula is C15H13ClF2N2O. The monoisotopic (exact) mass is 310 g/mol. The Morgan fingerprint density at radius 1 is 1.29 bits per heavy atom. The topological polar surface area (TPSA) is 55.1 Å². The third kappa shape index (κ3) is 3.49. The lowest BCUT2D eigenvalue weighted by molar-refractivity contribution is -0.118. The van der Waals surface area contributed by atoms with Crippen molar-refractivity contribution in [1.82, 2.24) is 0 Å². The molecule has 2 aromatic carbocycles. The Labute approximate surface area is 125 Å². The first-order valence-electron chi connectivity index (χ1n) is 6.15. The number of nitrogens with one attached hydrogen (secondary N) is 1. The quantitative estimate of drug-likeness (QED) is 0.907. The van der Waals surface area contributed by atoms with E-state index in [2.05, 4.69) is 5.32 Å². The molecule has 0 spiro atoms. The van der Waals surface area contributed by atoms with Crippen molar-refractivity contribution in [3.8, 4) is 0 Å². The Kier molecular flexibility index (Phi) is 4.43. The summed E-state index contributed by atoms with van der Waals surface area (Å²) in [4.78, 5) is 11.6. The Balaban J connectivity index is 2.40. The fourth-order valence-electron chi connectivity index (χ4n) is 2.03. The average Bonchev–Trinajstić information content (AvgIpc) is 2.38. The van der Waals surface area contributed by atoms with Crippen LogP contribution in [0.4, 0.5) is 14.5 Å². The number of nitrogens with two attached hydrogens (primary N) is 1. The molecule has 0 radical (unpaired) electrons. The van der Waals surface area contributed by atoms with Gasteiger partial charge in [0, 0.05) is 11.3 Å². The van der Waals surface area contributed by atoms with E-state index in [0.29, 0.717) is 11.3 Å². The van der Waals surface area contributed by atoms with Crippen LogP contribution in [-0.4, -0.2) is 5.91 Å². The van der Waals surface area contributed by atoms with Gasteiger partial charge in [0.15, 0.2) is 0 Å². The van der Waals surface area contributed by atoms with E-state index in [1.54, 1.807) is 13.0 Å². The fourth-order valence-corrected chi connectivity index (χ4v) is 2.21. The summed E-state index contributed by atoms with van der Waals surface area (Å²) in [6.07, 6.45) is 0. The van der Waals surface area contributed by atoms with Gasteiger partial charge in [0.25, 0.3) is 0 Å². The lowest BCUT2D eigenvalue weighted by Crippen LogP contribution is -2.28. The van der Waals surface area contributed by atoms with E-state index in [1.165, 1.54) is 30.3 Å². The van der Waals surface area contributed by atoms with Crippen molar-refractivity contribution in [2.45, 2.75) is 13.0 Å². The summed E-state index contributed by atoms with van der Waals surface area (Å²) in [6, 6.07) is 7.29. The van der Waals surface area contributed by atoms with Crippen molar-refractivity contribution in [3.63, 3.8) is 0 Å². The molecule has 3 nitrogen and oxygen atoms in total. The Bertz CT molecular complexity index is 671. The highest BCUT2D eigenvalue weighted by molar-refractivity contribution is 6.30. The summed E-state index contributed by atoms with van der Waals surface area (Å²) < 4.78 is 27.4. The van der Waals surface area contributed by atoms with Gasteiger partial charge >= 0.3 is 0 Å². The Morgan fingerprint density at radius 3 is 2.62 bits per heavy atom. The van der Waals surface area contributed by atoms with Gasteiger partial charge in [0.05, 0.1) is 5.02 Å². The molecule has 0 fully saturated rings. The number of aryl methyl sites for hydroxylation is 1. The maximum Gasteiger partial charge on any atom is 0.244 e. The van der Waals surface area contributed by atoms with Crippen LogP contribution in [0.5, 0.6) is 0 Å². The molecule has 0 bridgehead atoms. The van der Waals surface area contributed by atoms with Gasteiger partial charge in [-0.1, -0.05) is 23.7 Å². The van der Waals surface area contributed by atoms with E-state index in [9.17, 15) is 13.6 Å². The van der Waals surface area contributed by atoms with Crippen LogP contribution in [0.15, 0.2) is 36.4 Å². The van der Waals surface area contributed by atoms with Gasteiger partial charge in [0.2, 0.25) is 5.91 Å². The predicted octanol–water partition coefficient (Wildman–Crippen LogP) is 3.57. The molecule has 2 aromatic rings. The lowest BCUT2D eigenvalue weighted by atomic mass is 10.0. The van der Waals surface area contributed by atoms with Crippen LogP contribution in [0, 0.1) is 18.6 Å². The molecule has 0 heterocycles. The van der Waals surface area contributed by atoms with Crippen LogP contribution in [0.25, 0.3) is 0 Å². The van der Waals surface area contributed by atoms with Gasteiger partial charge in [-0.2, -0.15) is 0 Å². The third-order valence-corrected chi connectivity index (χ3v) is 3.22. The SMILES string of the molecule is Cc1cc(F)cc(NC(C(N)=O)c2cccc(Cl)c2F)c1. The number of hydrogen-bond donors (Lipinski definition) is 2. The molecule has 6 heteroatoms. The van der Waals surface area contributed by atoms with E-state index >= 15 is 0 Å². The molecule has 1 atom stereocenters. The number of carbonyl (C=O) groups is 1. The minimum Gasteiger partial charge on any atom is -0.370 e. The average molecular weight is 311 g/mol. The second-order valence-electron chi connectivity index (χ2n) is 4.64. The summed E-state index contributed by atoms with van der Waals surface area (Å²) in [5.74, 6) is -1.99. The number of primary amides is 1. The molecule has 0 aliphatic heterocycles. The number of hydrogen-bond acceptors (Lipinski definition) is 2. The maximum absolute atomic E-state index is 14.0. The number of carbonyl (C=O) groups excluding carboxylic acids is 1. The van der Waals surface area contributed by atoms with Gasteiger partial charge in [0.1, 0.15) is 17.7 Å². The number of amides is 1. The van der Waals surface area contributed by atoms with Crippen LogP contribution in [-0.2, 0) is 4.79 Å². The van der Waals surface area contributed by atoms with E-state index in [4.69, 9.17) is 17.3 Å². The smallest absolute Gasteiger partial charge is 0.244 e. The Morgan fingerprint density at radius 2 is 2.00 bits per heavy atom. The highest BCUT2D eigenvalue weighted by Crippen LogP contribution is 2.27. The minimum atomic E-state index is -1.15. The number of rotatable bonds is 4. The summed E-state index contributed by atoms with van der Waals surface area (Å²) >= 11 is 5.70. The largest absolute Gasteiger partial charge is 0.370 e. The number of anilines is 1. The molecule has 0 saturated carbocycles. The highest BCUT2D eigenvalue weighted by Gasteiger charge is 2.22. The van der Waals surface area contributed by atoms with Crippen molar-refractivity contribution in [3.05, 3.63) is 64.2 Å². The molecule has 2 rings (SSSR count). The molecule has 0 aliphatic carbocycles. The standard InChI is InChI=1S/C15H13ClF2N2O/c1-8-5-9(17)7-10(6-8)20-14(15(19)21)11-3-2-4-12(16)13(11)18/h2-7,14,20H,1H3,(H2,19,21). The molecular weight excluding hydrogens is 298 g/mol. The van der Waals surface area contributed by atoms with Crippen molar-refractivity contribution in [2.24, 2.45) is 5.73 Å². The van der Waals surface area contributed by atoms with Crippen LogP contribution in [0.2, 0.25) is 5.02 Å². The predicted molar refractivity (Wildman–Crippen MR) is 78.1 cm³/mol.